The van der Waals surface area contributed by atoms with Gasteiger partial charge in [-0.05, 0) is 53.5 Å². The van der Waals surface area contributed by atoms with E-state index in [9.17, 15) is 33.9 Å². The maximum absolute atomic E-state index is 13.4. The average Bonchev–Trinajstić information content (AvgIpc) is 3.67. The third-order valence-corrected chi connectivity index (χ3v) is 11.1. The summed E-state index contributed by atoms with van der Waals surface area (Å²) in [6, 6.07) is 12.1. The molecule has 0 aliphatic carbocycles. The van der Waals surface area contributed by atoms with Crippen molar-refractivity contribution < 1.29 is 43.5 Å². The van der Waals surface area contributed by atoms with Gasteiger partial charge in [-0.15, -0.1) is 23.1 Å². The summed E-state index contributed by atoms with van der Waals surface area (Å²) in [4.78, 5) is 83.3. The number of aliphatic hydroxyl groups excluding tert-OH is 1. The molecule has 0 aliphatic rings. The zero-order valence-corrected chi connectivity index (χ0v) is 35.3. The molecule has 15 heteroatoms. The van der Waals surface area contributed by atoms with E-state index in [0.717, 1.165) is 9.77 Å². The van der Waals surface area contributed by atoms with Crippen LogP contribution in [0.25, 0.3) is 0 Å². The van der Waals surface area contributed by atoms with Crippen molar-refractivity contribution >= 4 is 58.4 Å². The van der Waals surface area contributed by atoms with Gasteiger partial charge in [0, 0.05) is 18.6 Å². The molecule has 2 aromatic rings. The summed E-state index contributed by atoms with van der Waals surface area (Å²) < 4.78 is 1.05. The quantitative estimate of drug-likeness (QED) is 0.0815. The Bertz CT molecular complexity index is 1500. The maximum atomic E-state index is 13.4. The molecule has 0 saturated heterocycles. The Morgan fingerprint density at radius 1 is 0.764 bits per heavy atom. The van der Waals surface area contributed by atoms with E-state index < -0.39 is 59.2 Å². The minimum Gasteiger partial charge on any atom is -0.381 e. The van der Waals surface area contributed by atoms with E-state index in [1.807, 2.05) is 96.3 Å². The molecule has 13 nitrogen and oxygen atoms in total. The first kappa shape index (κ1) is 49.4. The van der Waals surface area contributed by atoms with E-state index in [1.165, 1.54) is 11.8 Å². The summed E-state index contributed by atoms with van der Waals surface area (Å²) in [5.74, 6) is 5.49. The molecule has 1 heterocycles. The van der Waals surface area contributed by atoms with Crippen LogP contribution in [0, 0.1) is 35.0 Å². The van der Waals surface area contributed by atoms with Crippen LogP contribution in [0.2, 0.25) is 0 Å². The number of hydrogen-bond acceptors (Lipinski definition) is 13. The number of nitrogens with one attached hydrogen (secondary N) is 2. The van der Waals surface area contributed by atoms with Crippen molar-refractivity contribution in [3.8, 4) is 0 Å². The number of thioether (sulfide) groups is 1. The van der Waals surface area contributed by atoms with E-state index in [-0.39, 0.29) is 42.2 Å². The van der Waals surface area contributed by atoms with Gasteiger partial charge in [0.1, 0.15) is 0 Å². The third-order valence-electron chi connectivity index (χ3n) is 8.83. The lowest BCUT2D eigenvalue weighted by Crippen LogP contribution is -2.53. The molecular weight excluding hydrogens is 745 g/mol. The molecule has 55 heavy (non-hydrogen) atoms. The molecule has 308 valence electrons. The summed E-state index contributed by atoms with van der Waals surface area (Å²) in [6.45, 7) is 16.7. The minimum absolute atomic E-state index is 0.0450. The molecule has 0 unspecified atom stereocenters. The molecule has 0 spiro atoms. The Morgan fingerprint density at radius 2 is 1.31 bits per heavy atom. The van der Waals surface area contributed by atoms with Crippen LogP contribution < -0.4 is 22.4 Å². The van der Waals surface area contributed by atoms with Crippen molar-refractivity contribution in [3.63, 3.8) is 0 Å². The van der Waals surface area contributed by atoms with E-state index in [0.29, 0.717) is 25.0 Å². The summed E-state index contributed by atoms with van der Waals surface area (Å²) in [7, 11) is 0. The van der Waals surface area contributed by atoms with Crippen LogP contribution in [0.1, 0.15) is 93.6 Å². The second-order valence-electron chi connectivity index (χ2n) is 15.3. The molecule has 6 atom stereocenters. The van der Waals surface area contributed by atoms with Gasteiger partial charge in [0.15, 0.2) is 17.7 Å². The molecule has 7 N–H and O–H groups in total. The molecule has 2 amide bonds. The van der Waals surface area contributed by atoms with Crippen molar-refractivity contribution in [2.75, 3.05) is 5.75 Å². The molecule has 0 bridgehead atoms. The van der Waals surface area contributed by atoms with Gasteiger partial charge in [-0.2, -0.15) is 11.8 Å². The van der Waals surface area contributed by atoms with Crippen molar-refractivity contribution in [2.24, 2.45) is 46.8 Å². The molecule has 2 rings (SSSR count). The summed E-state index contributed by atoms with van der Waals surface area (Å²) in [5.41, 5.74) is 0.482. The zero-order chi connectivity index (χ0) is 41.9. The number of amides is 2. The monoisotopic (exact) mass is 806 g/mol. The number of carbonyl (C=O) groups excluding carboxylic acids is 6. The van der Waals surface area contributed by atoms with Crippen molar-refractivity contribution in [1.82, 2.24) is 10.6 Å². The number of thiophene rings is 1. The first-order chi connectivity index (χ1) is 25.8. The predicted octanol–water partition coefficient (Wildman–Crippen LogP) is 5.18. The normalized spacial score (nSPS) is 14.7. The fraction of sp³-hybridized carbons (Fsp3) is 0.600. The van der Waals surface area contributed by atoms with E-state index in [4.69, 9.17) is 11.8 Å². The Kier molecular flexibility index (Phi) is 22.3. The average molecular weight is 807 g/mol. The SMILES string of the molecule is CCC(=O)[C@@H](NC(=O)[C@H](CC(C)C)[C@H](O)C(=O)ON)C(C)(C)C.CCC(=O)[C@H](Cc1ccccc1)NC(=O)[C@H](CC(C)C)[C@H](CSc1cccs1)C(=O)ON. The molecular formula is C40H62N4O9S2. The Labute approximate surface area is 334 Å². The second-order valence-corrected chi connectivity index (χ2v) is 17.6. The standard InChI is InChI=1S/C24H32N2O4S2.C16H30N2O5/c1-4-21(27)20(14-17-9-6-5-7-10-17)26-23(28)18(13-16(2)3)19(24(29)30-25)15-32-22-11-8-12-31-22;1-7-11(19)13(16(4,5)6)18-14(21)10(8-9(2)3)12(20)15(22)23-17/h5-12,16,18-20H,4,13-15,25H2,1-3H3,(H,26,28);9-10,12-13,20H,7-8,17H2,1-6H3,(H,18,21)/t18-,19+,20+;10-,12+,13-/m11/s1. The van der Waals surface area contributed by atoms with Crippen molar-refractivity contribution in [3.05, 3.63) is 53.4 Å². The lowest BCUT2D eigenvalue weighted by molar-refractivity contribution is -0.160. The van der Waals surface area contributed by atoms with Gasteiger partial charge in [-0.25, -0.2) is 4.79 Å². The Hall–Kier alpha value is -3.63. The lowest BCUT2D eigenvalue weighted by atomic mass is 9.82. The molecule has 1 aromatic heterocycles. The van der Waals surface area contributed by atoms with Crippen LogP contribution in [0.5, 0.6) is 0 Å². The Balaban J connectivity index is 0.000000584. The Morgan fingerprint density at radius 3 is 1.78 bits per heavy atom. The van der Waals surface area contributed by atoms with Gasteiger partial charge < -0.3 is 25.4 Å². The topological polar surface area (TPSA) is 217 Å². The van der Waals surface area contributed by atoms with Crippen LogP contribution in [-0.4, -0.2) is 64.4 Å². The van der Waals surface area contributed by atoms with Crippen LogP contribution in [-0.2, 0) is 44.9 Å². The van der Waals surface area contributed by atoms with Crippen LogP contribution >= 0.6 is 23.1 Å². The van der Waals surface area contributed by atoms with Gasteiger partial charge in [0.05, 0.1) is 34.0 Å². The highest BCUT2D eigenvalue weighted by Crippen LogP contribution is 2.31. The van der Waals surface area contributed by atoms with Gasteiger partial charge >= 0.3 is 11.9 Å². The van der Waals surface area contributed by atoms with Crippen LogP contribution in [0.15, 0.2) is 52.1 Å². The molecule has 0 saturated carbocycles. The number of Topliss-reactive ketones (excluding diaryl/α,β-unsaturated/α-hetero) is 2. The van der Waals surface area contributed by atoms with Gasteiger partial charge in [-0.1, -0.05) is 98.7 Å². The van der Waals surface area contributed by atoms with Crippen molar-refractivity contribution in [1.29, 1.82) is 0 Å². The van der Waals surface area contributed by atoms with E-state index >= 15 is 0 Å². The van der Waals surface area contributed by atoms with Crippen LogP contribution in [0.4, 0.5) is 0 Å². The van der Waals surface area contributed by atoms with Gasteiger partial charge in [0.2, 0.25) is 11.8 Å². The summed E-state index contributed by atoms with van der Waals surface area (Å²) in [5, 5.41) is 17.6. The molecule has 0 aliphatic heterocycles. The van der Waals surface area contributed by atoms with Crippen LogP contribution in [0.3, 0.4) is 0 Å². The minimum atomic E-state index is -1.67. The lowest BCUT2D eigenvalue weighted by Gasteiger charge is -2.32. The largest absolute Gasteiger partial charge is 0.381 e. The fourth-order valence-corrected chi connectivity index (χ4v) is 7.87. The first-order valence-electron chi connectivity index (χ1n) is 18.7. The zero-order valence-electron chi connectivity index (χ0n) is 33.7. The molecule has 0 radical (unpaired) electrons. The first-order valence-corrected chi connectivity index (χ1v) is 20.5. The number of ketones is 2. The van der Waals surface area contributed by atoms with Crippen molar-refractivity contribution in [2.45, 2.75) is 117 Å². The van der Waals surface area contributed by atoms with Gasteiger partial charge in [-0.3, -0.25) is 24.0 Å². The predicted molar refractivity (Wildman–Crippen MR) is 215 cm³/mol. The number of hydrogen-bond donors (Lipinski definition) is 5. The number of carbonyl (C=O) groups is 6. The summed E-state index contributed by atoms with van der Waals surface area (Å²) in [6.07, 6.45) is 0.0806. The highest BCUT2D eigenvalue weighted by atomic mass is 32.2. The van der Waals surface area contributed by atoms with E-state index in [1.54, 1.807) is 25.2 Å². The maximum Gasteiger partial charge on any atom is 0.354 e. The highest BCUT2D eigenvalue weighted by Gasteiger charge is 2.39. The second kappa shape index (κ2) is 24.8. The number of aliphatic hydroxyl groups is 1. The fourth-order valence-electron chi connectivity index (χ4n) is 5.89. The number of nitrogens with two attached hydrogens (primary N) is 2. The van der Waals surface area contributed by atoms with Gasteiger partial charge in [0.25, 0.3) is 0 Å². The number of benzene rings is 1. The molecule has 1 aromatic carbocycles. The molecule has 0 fully saturated rings. The van der Waals surface area contributed by atoms with E-state index in [2.05, 4.69) is 20.3 Å². The summed E-state index contributed by atoms with van der Waals surface area (Å²) >= 11 is 3.07. The smallest absolute Gasteiger partial charge is 0.354 e. The highest BCUT2D eigenvalue weighted by molar-refractivity contribution is 8.01. The third kappa shape index (κ3) is 17.4. The number of rotatable bonds is 21.